The first-order valence-corrected chi connectivity index (χ1v) is 6.91. The van der Waals surface area contributed by atoms with Gasteiger partial charge in [0, 0.05) is 24.6 Å². The van der Waals surface area contributed by atoms with Crippen molar-refractivity contribution in [1.29, 1.82) is 0 Å². The summed E-state index contributed by atoms with van der Waals surface area (Å²) in [6.07, 6.45) is 4.91. The van der Waals surface area contributed by atoms with Gasteiger partial charge in [0.05, 0.1) is 0 Å². The summed E-state index contributed by atoms with van der Waals surface area (Å²) in [5.41, 5.74) is 1.00. The second-order valence-corrected chi connectivity index (χ2v) is 5.62. The van der Waals surface area contributed by atoms with Gasteiger partial charge in [0.1, 0.15) is 17.7 Å². The van der Waals surface area contributed by atoms with Crippen LogP contribution >= 0.6 is 0 Å². The molecule has 3 unspecified atom stereocenters. The molecule has 0 spiro atoms. The lowest BCUT2D eigenvalue weighted by atomic mass is 10.1. The van der Waals surface area contributed by atoms with Crippen molar-refractivity contribution in [3.8, 4) is 5.75 Å². The normalized spacial score (nSPS) is 30.2. The largest absolute Gasteiger partial charge is 0.488 e. The van der Waals surface area contributed by atoms with Gasteiger partial charge in [-0.15, -0.1) is 0 Å². The zero-order valence-electron chi connectivity index (χ0n) is 10.8. The molecular formula is C15H20FNO. The zero-order chi connectivity index (χ0) is 12.5. The molecule has 3 atom stereocenters. The highest BCUT2D eigenvalue weighted by Gasteiger charge is 2.27. The van der Waals surface area contributed by atoms with Crippen LogP contribution in [0, 0.1) is 11.7 Å². The van der Waals surface area contributed by atoms with Crippen molar-refractivity contribution in [2.45, 2.75) is 44.8 Å². The number of nitrogens with one attached hydrogen (secondary N) is 1. The van der Waals surface area contributed by atoms with Gasteiger partial charge in [-0.05, 0) is 37.0 Å². The fourth-order valence-electron chi connectivity index (χ4n) is 3.13. The maximum Gasteiger partial charge on any atom is 0.123 e. The van der Waals surface area contributed by atoms with Crippen molar-refractivity contribution in [3.05, 3.63) is 29.6 Å². The van der Waals surface area contributed by atoms with E-state index in [1.807, 2.05) is 0 Å². The predicted octanol–water partition coefficient (Wildman–Crippen LogP) is 2.91. The maximum atomic E-state index is 13.1. The smallest absolute Gasteiger partial charge is 0.123 e. The molecular weight excluding hydrogens is 229 g/mol. The molecule has 3 rings (SSSR count). The van der Waals surface area contributed by atoms with E-state index in [0.717, 1.165) is 30.2 Å². The van der Waals surface area contributed by atoms with Crippen LogP contribution in [0.25, 0.3) is 0 Å². The first-order valence-electron chi connectivity index (χ1n) is 6.91. The van der Waals surface area contributed by atoms with Gasteiger partial charge in [0.15, 0.2) is 0 Å². The topological polar surface area (TPSA) is 21.3 Å². The minimum absolute atomic E-state index is 0.162. The molecule has 0 saturated heterocycles. The van der Waals surface area contributed by atoms with Gasteiger partial charge < -0.3 is 10.1 Å². The molecule has 0 radical (unpaired) electrons. The summed E-state index contributed by atoms with van der Waals surface area (Å²) in [4.78, 5) is 0. The van der Waals surface area contributed by atoms with Gasteiger partial charge in [0.2, 0.25) is 0 Å². The maximum absolute atomic E-state index is 13.1. The van der Waals surface area contributed by atoms with Crippen LogP contribution in [0.4, 0.5) is 4.39 Å². The number of halogens is 1. The van der Waals surface area contributed by atoms with Gasteiger partial charge in [-0.2, -0.15) is 0 Å². The van der Waals surface area contributed by atoms with Crippen molar-refractivity contribution in [1.82, 2.24) is 5.32 Å². The molecule has 1 N–H and O–H groups in total. The highest BCUT2D eigenvalue weighted by atomic mass is 19.1. The highest BCUT2D eigenvalue weighted by Crippen LogP contribution is 2.30. The molecule has 18 heavy (non-hydrogen) atoms. The van der Waals surface area contributed by atoms with E-state index >= 15 is 0 Å². The summed E-state index contributed by atoms with van der Waals surface area (Å²) in [6.45, 7) is 3.18. The van der Waals surface area contributed by atoms with Gasteiger partial charge in [0.25, 0.3) is 0 Å². The number of hydrogen-bond acceptors (Lipinski definition) is 2. The van der Waals surface area contributed by atoms with E-state index in [1.165, 1.54) is 25.3 Å². The van der Waals surface area contributed by atoms with E-state index in [1.54, 1.807) is 12.1 Å². The van der Waals surface area contributed by atoms with Crippen LogP contribution in [0.3, 0.4) is 0 Å². The van der Waals surface area contributed by atoms with Gasteiger partial charge in [-0.25, -0.2) is 4.39 Å². The first-order chi connectivity index (χ1) is 8.72. The second kappa shape index (κ2) is 4.88. The molecule has 0 amide bonds. The average Bonchev–Trinajstić information content (AvgIpc) is 2.92. The Bertz CT molecular complexity index is 435. The standard InChI is InChI=1S/C15H20FNO/c1-10-3-2-4-14(10)17-9-13-8-11-7-12(16)5-6-15(11)18-13/h5-7,10,13-14,17H,2-4,8-9H2,1H3. The SMILES string of the molecule is CC1CCCC1NCC1Cc2cc(F)ccc2O1. The van der Waals surface area contributed by atoms with Crippen LogP contribution in [0.2, 0.25) is 0 Å². The second-order valence-electron chi connectivity index (χ2n) is 5.62. The van der Waals surface area contributed by atoms with E-state index in [4.69, 9.17) is 4.74 Å². The van der Waals surface area contributed by atoms with Gasteiger partial charge >= 0.3 is 0 Å². The number of hydrogen-bond donors (Lipinski definition) is 1. The minimum atomic E-state index is -0.171. The molecule has 1 aromatic carbocycles. The van der Waals surface area contributed by atoms with E-state index in [9.17, 15) is 4.39 Å². The number of ether oxygens (including phenoxy) is 1. The van der Waals surface area contributed by atoms with Crippen molar-refractivity contribution < 1.29 is 9.13 Å². The summed E-state index contributed by atoms with van der Waals surface area (Å²) >= 11 is 0. The lowest BCUT2D eigenvalue weighted by Crippen LogP contribution is -2.38. The zero-order valence-corrected chi connectivity index (χ0v) is 10.8. The Hall–Kier alpha value is -1.09. The number of benzene rings is 1. The quantitative estimate of drug-likeness (QED) is 0.889. The number of fused-ring (bicyclic) bond motifs is 1. The molecule has 0 bridgehead atoms. The Morgan fingerprint density at radius 2 is 2.28 bits per heavy atom. The molecule has 2 nitrogen and oxygen atoms in total. The molecule has 1 aromatic rings. The molecule has 1 aliphatic heterocycles. The molecule has 1 saturated carbocycles. The lowest BCUT2D eigenvalue weighted by Gasteiger charge is -2.20. The van der Waals surface area contributed by atoms with Gasteiger partial charge in [-0.1, -0.05) is 13.3 Å². The predicted molar refractivity (Wildman–Crippen MR) is 69.3 cm³/mol. The summed E-state index contributed by atoms with van der Waals surface area (Å²) in [5.74, 6) is 1.45. The Morgan fingerprint density at radius 1 is 1.39 bits per heavy atom. The lowest BCUT2D eigenvalue weighted by molar-refractivity contribution is 0.217. The molecule has 1 fully saturated rings. The van der Waals surface area contributed by atoms with Crippen LogP contribution in [-0.2, 0) is 6.42 Å². The fraction of sp³-hybridized carbons (Fsp3) is 0.600. The molecule has 3 heteroatoms. The van der Waals surface area contributed by atoms with Crippen molar-refractivity contribution in [2.24, 2.45) is 5.92 Å². The van der Waals surface area contributed by atoms with E-state index in [-0.39, 0.29) is 11.9 Å². The molecule has 1 heterocycles. The Balaban J connectivity index is 1.54. The van der Waals surface area contributed by atoms with Crippen molar-refractivity contribution in [2.75, 3.05) is 6.54 Å². The Morgan fingerprint density at radius 3 is 3.06 bits per heavy atom. The third kappa shape index (κ3) is 2.37. The molecule has 0 aromatic heterocycles. The third-order valence-corrected chi connectivity index (χ3v) is 4.23. The van der Waals surface area contributed by atoms with Crippen LogP contribution in [0.5, 0.6) is 5.75 Å². The summed E-state index contributed by atoms with van der Waals surface area (Å²) in [7, 11) is 0. The Kier molecular flexibility index (Phi) is 3.25. The van der Waals surface area contributed by atoms with E-state index in [2.05, 4.69) is 12.2 Å². The summed E-state index contributed by atoms with van der Waals surface area (Å²) < 4.78 is 18.9. The number of rotatable bonds is 3. The van der Waals surface area contributed by atoms with Crippen LogP contribution < -0.4 is 10.1 Å². The van der Waals surface area contributed by atoms with E-state index < -0.39 is 0 Å². The van der Waals surface area contributed by atoms with E-state index in [0.29, 0.717) is 6.04 Å². The van der Waals surface area contributed by atoms with Crippen molar-refractivity contribution >= 4 is 0 Å². The average molecular weight is 249 g/mol. The summed E-state index contributed by atoms with van der Waals surface area (Å²) in [5, 5.41) is 3.60. The van der Waals surface area contributed by atoms with Crippen molar-refractivity contribution in [3.63, 3.8) is 0 Å². The monoisotopic (exact) mass is 249 g/mol. The summed E-state index contributed by atoms with van der Waals surface area (Å²) in [6, 6.07) is 5.43. The minimum Gasteiger partial charge on any atom is -0.488 e. The molecule has 98 valence electrons. The van der Waals surface area contributed by atoms with Crippen LogP contribution in [0.1, 0.15) is 31.7 Å². The first kappa shape index (κ1) is 12.0. The van der Waals surface area contributed by atoms with Crippen LogP contribution in [-0.4, -0.2) is 18.7 Å². The molecule has 1 aliphatic carbocycles. The van der Waals surface area contributed by atoms with Gasteiger partial charge in [-0.3, -0.25) is 0 Å². The Labute approximate surface area is 108 Å². The third-order valence-electron chi connectivity index (χ3n) is 4.23. The fourth-order valence-corrected chi connectivity index (χ4v) is 3.13. The highest BCUT2D eigenvalue weighted by molar-refractivity contribution is 5.37. The van der Waals surface area contributed by atoms with Crippen LogP contribution in [0.15, 0.2) is 18.2 Å². The molecule has 2 aliphatic rings.